The van der Waals surface area contributed by atoms with Gasteiger partial charge in [0.05, 0.1) is 14.2 Å². The molecule has 102 valence electrons. The van der Waals surface area contributed by atoms with Crippen LogP contribution in [0.5, 0.6) is 11.5 Å². The average Bonchev–Trinajstić information content (AvgIpc) is 2.35. The van der Waals surface area contributed by atoms with Gasteiger partial charge in [-0.2, -0.15) is 0 Å². The van der Waals surface area contributed by atoms with E-state index < -0.39 is 0 Å². The topological polar surface area (TPSA) is 38.7 Å². The number of aliphatic hydroxyl groups is 1. The fourth-order valence-corrected chi connectivity index (χ4v) is 2.81. The van der Waals surface area contributed by atoms with Crippen LogP contribution < -0.4 is 9.47 Å². The molecule has 0 aliphatic rings. The van der Waals surface area contributed by atoms with Gasteiger partial charge in [0.15, 0.2) is 0 Å². The van der Waals surface area contributed by atoms with Crippen LogP contribution in [0.3, 0.4) is 0 Å². The zero-order chi connectivity index (χ0) is 13.7. The van der Waals surface area contributed by atoms with E-state index in [4.69, 9.17) is 14.6 Å². The van der Waals surface area contributed by atoms with Crippen molar-refractivity contribution in [2.24, 2.45) is 0 Å². The van der Waals surface area contributed by atoms with Crippen LogP contribution in [0.4, 0.5) is 0 Å². The van der Waals surface area contributed by atoms with Gasteiger partial charge in [0.25, 0.3) is 0 Å². The lowest BCUT2D eigenvalue weighted by atomic mass is 9.97. The van der Waals surface area contributed by atoms with Gasteiger partial charge >= 0.3 is 0 Å². The highest BCUT2D eigenvalue weighted by molar-refractivity contribution is 9.10. The molecule has 1 aromatic carbocycles. The smallest absolute Gasteiger partial charge is 0.140 e. The summed E-state index contributed by atoms with van der Waals surface area (Å²) < 4.78 is 11.8. The van der Waals surface area contributed by atoms with Crippen LogP contribution in [0.2, 0.25) is 0 Å². The van der Waals surface area contributed by atoms with Gasteiger partial charge in [0.2, 0.25) is 0 Å². The molecule has 0 atom stereocenters. The molecular formula is C14H21BrO3. The molecule has 0 radical (unpaired) electrons. The van der Waals surface area contributed by atoms with Crippen molar-refractivity contribution >= 4 is 15.9 Å². The molecule has 0 aliphatic heterocycles. The minimum absolute atomic E-state index is 0.184. The number of ether oxygens (including phenoxy) is 2. The summed E-state index contributed by atoms with van der Waals surface area (Å²) >= 11 is 3.55. The number of aryl methyl sites for hydroxylation is 1. The maximum atomic E-state index is 8.96. The van der Waals surface area contributed by atoms with Gasteiger partial charge in [-0.05, 0) is 51.9 Å². The maximum Gasteiger partial charge on any atom is 0.140 e. The van der Waals surface area contributed by atoms with E-state index >= 15 is 0 Å². The molecule has 1 rings (SSSR count). The normalized spacial score (nSPS) is 10.8. The van der Waals surface area contributed by atoms with Gasteiger partial charge in [-0.25, -0.2) is 0 Å². The Morgan fingerprint density at radius 2 is 1.83 bits per heavy atom. The summed E-state index contributed by atoms with van der Waals surface area (Å²) in [6.45, 7) is 4.45. The van der Waals surface area contributed by atoms with E-state index in [0.29, 0.717) is 5.92 Å². The van der Waals surface area contributed by atoms with Gasteiger partial charge in [0, 0.05) is 6.61 Å². The number of hydrogen-bond donors (Lipinski definition) is 1. The number of methoxy groups -OCH3 is 2. The molecule has 0 spiro atoms. The highest BCUT2D eigenvalue weighted by Gasteiger charge is 2.19. The lowest BCUT2D eigenvalue weighted by Gasteiger charge is -2.19. The highest BCUT2D eigenvalue weighted by Crippen LogP contribution is 2.43. The predicted molar refractivity (Wildman–Crippen MR) is 76.7 cm³/mol. The standard InChI is InChI=1S/C14H21BrO3/c1-9(2)11-8-10(6-5-7-16)13(17-3)12(15)14(11)18-4/h8-9,16H,5-7H2,1-4H3. The average molecular weight is 317 g/mol. The molecule has 0 heterocycles. The number of benzene rings is 1. The Kier molecular flexibility index (Phi) is 5.96. The second kappa shape index (κ2) is 7.00. The number of rotatable bonds is 6. The summed E-state index contributed by atoms with van der Waals surface area (Å²) in [5.74, 6) is 1.99. The third-order valence-electron chi connectivity index (χ3n) is 2.92. The highest BCUT2D eigenvalue weighted by atomic mass is 79.9. The minimum Gasteiger partial charge on any atom is -0.495 e. The molecule has 0 bridgehead atoms. The molecule has 0 saturated carbocycles. The van der Waals surface area contributed by atoms with Crippen LogP contribution >= 0.6 is 15.9 Å². The second-order valence-electron chi connectivity index (χ2n) is 4.49. The van der Waals surface area contributed by atoms with Crippen molar-refractivity contribution in [2.45, 2.75) is 32.6 Å². The fraction of sp³-hybridized carbons (Fsp3) is 0.571. The number of hydrogen-bond acceptors (Lipinski definition) is 3. The molecule has 0 aliphatic carbocycles. The quantitative estimate of drug-likeness (QED) is 0.872. The Hall–Kier alpha value is -0.740. The maximum absolute atomic E-state index is 8.96. The SMILES string of the molecule is COc1c(CCCO)cc(C(C)C)c(OC)c1Br. The van der Waals surface area contributed by atoms with Crippen LogP contribution in [0, 0.1) is 0 Å². The molecule has 0 fully saturated rings. The Morgan fingerprint density at radius 3 is 2.28 bits per heavy atom. The first-order chi connectivity index (χ1) is 8.56. The summed E-state index contributed by atoms with van der Waals surface area (Å²) in [7, 11) is 3.32. The molecule has 0 unspecified atom stereocenters. The molecule has 0 aromatic heterocycles. The number of aliphatic hydroxyl groups excluding tert-OH is 1. The van der Waals surface area contributed by atoms with Gasteiger partial charge in [-0.1, -0.05) is 13.8 Å². The first kappa shape index (κ1) is 15.3. The van der Waals surface area contributed by atoms with Gasteiger partial charge in [-0.15, -0.1) is 0 Å². The molecule has 18 heavy (non-hydrogen) atoms. The lowest BCUT2D eigenvalue weighted by Crippen LogP contribution is -2.02. The Balaban J connectivity index is 3.33. The summed E-state index contributed by atoms with van der Waals surface area (Å²) in [6, 6.07) is 2.11. The van der Waals surface area contributed by atoms with Crippen LogP contribution in [-0.4, -0.2) is 25.9 Å². The molecule has 1 aromatic rings. The summed E-state index contributed by atoms with van der Waals surface area (Å²) in [4.78, 5) is 0. The zero-order valence-corrected chi connectivity index (χ0v) is 13.0. The van der Waals surface area contributed by atoms with Crippen molar-refractivity contribution in [3.63, 3.8) is 0 Å². The monoisotopic (exact) mass is 316 g/mol. The largest absolute Gasteiger partial charge is 0.495 e. The van der Waals surface area contributed by atoms with Crippen molar-refractivity contribution in [1.82, 2.24) is 0 Å². The Labute approximate surface area is 117 Å². The van der Waals surface area contributed by atoms with E-state index in [2.05, 4.69) is 35.8 Å². The van der Waals surface area contributed by atoms with Crippen molar-refractivity contribution < 1.29 is 14.6 Å². The van der Waals surface area contributed by atoms with Gasteiger partial charge < -0.3 is 14.6 Å². The van der Waals surface area contributed by atoms with Crippen molar-refractivity contribution in [1.29, 1.82) is 0 Å². The third kappa shape index (κ3) is 3.18. The fourth-order valence-electron chi connectivity index (χ4n) is 2.00. The third-order valence-corrected chi connectivity index (χ3v) is 3.64. The lowest BCUT2D eigenvalue weighted by molar-refractivity contribution is 0.287. The van der Waals surface area contributed by atoms with Crippen LogP contribution in [0.15, 0.2) is 10.5 Å². The summed E-state index contributed by atoms with van der Waals surface area (Å²) in [5.41, 5.74) is 2.25. The summed E-state index contributed by atoms with van der Waals surface area (Å²) in [6.07, 6.45) is 1.52. The minimum atomic E-state index is 0.184. The van der Waals surface area contributed by atoms with E-state index in [1.807, 2.05) is 0 Å². The van der Waals surface area contributed by atoms with E-state index in [1.54, 1.807) is 14.2 Å². The van der Waals surface area contributed by atoms with Crippen LogP contribution in [0.25, 0.3) is 0 Å². The predicted octanol–water partition coefficient (Wildman–Crippen LogP) is 3.51. The second-order valence-corrected chi connectivity index (χ2v) is 5.28. The van der Waals surface area contributed by atoms with Crippen molar-refractivity contribution in [3.8, 4) is 11.5 Å². The Bertz CT molecular complexity index is 403. The van der Waals surface area contributed by atoms with Gasteiger partial charge in [-0.3, -0.25) is 0 Å². The molecular weight excluding hydrogens is 296 g/mol. The molecule has 3 nitrogen and oxygen atoms in total. The van der Waals surface area contributed by atoms with E-state index in [1.165, 1.54) is 0 Å². The van der Waals surface area contributed by atoms with E-state index in [9.17, 15) is 0 Å². The van der Waals surface area contributed by atoms with E-state index in [-0.39, 0.29) is 6.61 Å². The van der Waals surface area contributed by atoms with Gasteiger partial charge in [0.1, 0.15) is 16.0 Å². The number of halogens is 1. The first-order valence-corrected chi connectivity index (χ1v) is 6.90. The van der Waals surface area contributed by atoms with E-state index in [0.717, 1.165) is 39.9 Å². The molecule has 0 amide bonds. The van der Waals surface area contributed by atoms with Crippen molar-refractivity contribution in [3.05, 3.63) is 21.7 Å². The van der Waals surface area contributed by atoms with Crippen LogP contribution in [0.1, 0.15) is 37.3 Å². The first-order valence-electron chi connectivity index (χ1n) is 6.10. The van der Waals surface area contributed by atoms with Crippen molar-refractivity contribution in [2.75, 3.05) is 20.8 Å². The zero-order valence-electron chi connectivity index (χ0n) is 11.4. The molecule has 1 N–H and O–H groups in total. The molecule has 0 saturated heterocycles. The Morgan fingerprint density at radius 1 is 1.22 bits per heavy atom. The molecule has 4 heteroatoms. The van der Waals surface area contributed by atoms with Crippen LogP contribution in [-0.2, 0) is 6.42 Å². The summed E-state index contributed by atoms with van der Waals surface area (Å²) in [5, 5.41) is 8.96.